The van der Waals surface area contributed by atoms with Gasteiger partial charge in [-0.25, -0.2) is 9.59 Å². The molecule has 3 rings (SSSR count). The highest BCUT2D eigenvalue weighted by Gasteiger charge is 2.15. The third-order valence-electron chi connectivity index (χ3n) is 3.07. The number of nitrogens with one attached hydrogen (secondary N) is 1. The molecule has 0 fully saturated rings. The average molecular weight is 350 g/mol. The summed E-state index contributed by atoms with van der Waals surface area (Å²) in [6.07, 6.45) is 0. The number of aromatic amines is 1. The number of carboxylic acids is 2. The summed E-state index contributed by atoms with van der Waals surface area (Å²) in [5.41, 5.74) is 1.43. The third-order valence-corrected chi connectivity index (χ3v) is 3.57. The van der Waals surface area contributed by atoms with E-state index >= 15 is 0 Å². The summed E-state index contributed by atoms with van der Waals surface area (Å²) in [6, 6.07) is 7.48. The monoisotopic (exact) mass is 349 g/mol. The highest BCUT2D eigenvalue weighted by atomic mass is 35.5. The number of aromatic carboxylic acids is 2. The van der Waals surface area contributed by atoms with Crippen LogP contribution in [0.3, 0.4) is 0 Å². The Kier molecular flexibility index (Phi) is 5.00. The number of hydrogen-bond acceptors (Lipinski definition) is 5. The van der Waals surface area contributed by atoms with Gasteiger partial charge in [-0.05, 0) is 36.8 Å². The second-order valence-electron chi connectivity index (χ2n) is 4.75. The van der Waals surface area contributed by atoms with E-state index in [0.717, 1.165) is 11.6 Å². The molecule has 4 N–H and O–H groups in total. The maximum atomic E-state index is 10.7. The van der Waals surface area contributed by atoms with E-state index in [0.29, 0.717) is 11.1 Å². The van der Waals surface area contributed by atoms with Crippen LogP contribution >= 0.6 is 11.6 Å². The van der Waals surface area contributed by atoms with Gasteiger partial charge in [-0.1, -0.05) is 22.9 Å². The van der Waals surface area contributed by atoms with Crippen molar-refractivity contribution in [3.8, 4) is 5.75 Å². The number of halogens is 1. The summed E-state index contributed by atoms with van der Waals surface area (Å²) in [6.45, 7) is 1.56. The van der Waals surface area contributed by atoms with Crippen LogP contribution in [0, 0.1) is 6.92 Å². The number of carbonyl (C=O) groups is 2. The fourth-order valence-electron chi connectivity index (χ4n) is 1.90. The molecule has 1 heterocycles. The zero-order chi connectivity index (χ0) is 17.9. The molecule has 8 nitrogen and oxygen atoms in total. The summed E-state index contributed by atoms with van der Waals surface area (Å²) in [5.74, 6) is -2.25. The highest BCUT2D eigenvalue weighted by Crippen LogP contribution is 2.22. The van der Waals surface area contributed by atoms with Gasteiger partial charge in [-0.3, -0.25) is 5.10 Å². The van der Waals surface area contributed by atoms with Crippen LogP contribution in [-0.4, -0.2) is 42.7 Å². The maximum Gasteiger partial charge on any atom is 0.337 e. The molecule has 9 heteroatoms. The lowest BCUT2D eigenvalue weighted by Crippen LogP contribution is -2.04. The SMILES string of the molecule is Cc1cc(C(=O)O)cc(C(=O)O)c1Cl.Oc1cccc2[nH]nnc12. The molecule has 0 saturated carbocycles. The van der Waals surface area contributed by atoms with Gasteiger partial charge in [0.05, 0.1) is 21.7 Å². The van der Waals surface area contributed by atoms with Crippen LogP contribution in [0.1, 0.15) is 26.3 Å². The Hall–Kier alpha value is -3.13. The predicted molar refractivity (Wildman–Crippen MR) is 85.7 cm³/mol. The van der Waals surface area contributed by atoms with Crippen molar-refractivity contribution >= 4 is 34.6 Å². The second kappa shape index (κ2) is 6.97. The van der Waals surface area contributed by atoms with E-state index in [1.807, 2.05) is 0 Å². The number of nitrogens with zero attached hydrogens (tertiary/aromatic N) is 2. The molecule has 0 bridgehead atoms. The summed E-state index contributed by atoms with van der Waals surface area (Å²) < 4.78 is 0. The standard InChI is InChI=1S/C9H7ClO4.C6H5N3O/c1-4-2-5(8(11)12)3-6(7(4)10)9(13)14;10-5-3-1-2-4-6(5)8-9-7-4/h2-3H,1H3,(H,11,12)(H,13,14);1-3,10H,(H,7,8,9). The molecule has 0 unspecified atom stereocenters. The number of carboxylic acid groups (broad SMARTS) is 2. The van der Waals surface area contributed by atoms with Gasteiger partial charge >= 0.3 is 11.9 Å². The Bertz CT molecular complexity index is 923. The summed E-state index contributed by atoms with van der Waals surface area (Å²) in [5, 5.41) is 36.4. The summed E-state index contributed by atoms with van der Waals surface area (Å²) in [7, 11) is 0. The minimum Gasteiger partial charge on any atom is -0.506 e. The Balaban J connectivity index is 0.000000182. The maximum absolute atomic E-state index is 10.7. The number of phenols is 1. The number of rotatable bonds is 2. The van der Waals surface area contributed by atoms with E-state index in [1.54, 1.807) is 25.1 Å². The van der Waals surface area contributed by atoms with Crippen LogP contribution in [0.2, 0.25) is 5.02 Å². The molecule has 0 radical (unpaired) electrons. The van der Waals surface area contributed by atoms with Gasteiger partial charge in [0.25, 0.3) is 0 Å². The molecular formula is C15H12ClN3O5. The molecule has 0 amide bonds. The molecule has 24 heavy (non-hydrogen) atoms. The van der Waals surface area contributed by atoms with Crippen LogP contribution in [0.25, 0.3) is 11.0 Å². The number of aromatic hydroxyl groups is 1. The van der Waals surface area contributed by atoms with Gasteiger partial charge in [0.2, 0.25) is 0 Å². The van der Waals surface area contributed by atoms with Crippen molar-refractivity contribution in [1.29, 1.82) is 0 Å². The minimum atomic E-state index is -1.23. The zero-order valence-corrected chi connectivity index (χ0v) is 13.1. The first-order valence-corrected chi connectivity index (χ1v) is 6.94. The van der Waals surface area contributed by atoms with Crippen molar-refractivity contribution in [2.24, 2.45) is 0 Å². The molecule has 0 aliphatic rings. The largest absolute Gasteiger partial charge is 0.506 e. The number of aromatic nitrogens is 3. The van der Waals surface area contributed by atoms with E-state index in [-0.39, 0.29) is 21.9 Å². The molecule has 0 aliphatic carbocycles. The quantitative estimate of drug-likeness (QED) is 0.558. The molecule has 0 aliphatic heterocycles. The molecule has 0 atom stereocenters. The number of benzene rings is 2. The number of aryl methyl sites for hydroxylation is 1. The van der Waals surface area contributed by atoms with Crippen LogP contribution in [0.4, 0.5) is 0 Å². The van der Waals surface area contributed by atoms with Gasteiger partial charge < -0.3 is 15.3 Å². The Morgan fingerprint density at radius 2 is 1.88 bits per heavy atom. The van der Waals surface area contributed by atoms with E-state index in [2.05, 4.69) is 15.4 Å². The van der Waals surface area contributed by atoms with Crippen molar-refractivity contribution in [3.63, 3.8) is 0 Å². The van der Waals surface area contributed by atoms with Gasteiger partial charge in [0.15, 0.2) is 5.52 Å². The van der Waals surface area contributed by atoms with Gasteiger partial charge in [-0.15, -0.1) is 5.10 Å². The van der Waals surface area contributed by atoms with E-state index in [4.69, 9.17) is 26.9 Å². The molecule has 2 aromatic carbocycles. The highest BCUT2D eigenvalue weighted by molar-refractivity contribution is 6.34. The molecular weight excluding hydrogens is 338 g/mol. The summed E-state index contributed by atoms with van der Waals surface area (Å²) in [4.78, 5) is 21.3. The van der Waals surface area contributed by atoms with Gasteiger partial charge in [0, 0.05) is 0 Å². The molecule has 124 valence electrons. The lowest BCUT2D eigenvalue weighted by Gasteiger charge is -2.04. The third kappa shape index (κ3) is 3.61. The molecule has 0 spiro atoms. The minimum absolute atomic E-state index is 0.0718. The van der Waals surface area contributed by atoms with E-state index < -0.39 is 11.9 Å². The Morgan fingerprint density at radius 3 is 2.46 bits per heavy atom. The second-order valence-corrected chi connectivity index (χ2v) is 5.13. The van der Waals surface area contributed by atoms with Crippen molar-refractivity contribution < 1.29 is 24.9 Å². The summed E-state index contributed by atoms with van der Waals surface area (Å²) >= 11 is 5.69. The zero-order valence-electron chi connectivity index (χ0n) is 12.3. The molecule has 1 aromatic heterocycles. The predicted octanol–water partition coefficient (Wildman–Crippen LogP) is 2.71. The van der Waals surface area contributed by atoms with E-state index in [9.17, 15) is 9.59 Å². The fourth-order valence-corrected chi connectivity index (χ4v) is 2.09. The first-order chi connectivity index (χ1) is 11.3. The smallest absolute Gasteiger partial charge is 0.337 e. The fraction of sp³-hybridized carbons (Fsp3) is 0.0667. The normalized spacial score (nSPS) is 10.1. The average Bonchev–Trinajstić information content (AvgIpc) is 3.00. The van der Waals surface area contributed by atoms with Gasteiger partial charge in [-0.2, -0.15) is 0 Å². The van der Waals surface area contributed by atoms with Crippen LogP contribution in [-0.2, 0) is 0 Å². The lowest BCUT2D eigenvalue weighted by molar-refractivity contribution is 0.0696. The van der Waals surface area contributed by atoms with Crippen molar-refractivity contribution in [2.75, 3.05) is 0 Å². The van der Waals surface area contributed by atoms with Crippen LogP contribution in [0.15, 0.2) is 30.3 Å². The molecule has 3 aromatic rings. The lowest BCUT2D eigenvalue weighted by atomic mass is 10.1. The first-order valence-electron chi connectivity index (χ1n) is 6.56. The van der Waals surface area contributed by atoms with Crippen LogP contribution in [0.5, 0.6) is 5.75 Å². The number of fused-ring (bicyclic) bond motifs is 1. The Morgan fingerprint density at radius 1 is 1.17 bits per heavy atom. The van der Waals surface area contributed by atoms with Crippen molar-refractivity contribution in [1.82, 2.24) is 15.4 Å². The molecule has 0 saturated heterocycles. The topological polar surface area (TPSA) is 136 Å². The van der Waals surface area contributed by atoms with Crippen molar-refractivity contribution in [3.05, 3.63) is 52.0 Å². The van der Waals surface area contributed by atoms with Crippen molar-refractivity contribution in [2.45, 2.75) is 6.92 Å². The van der Waals surface area contributed by atoms with Gasteiger partial charge in [0.1, 0.15) is 5.75 Å². The number of phenolic OH excluding ortho intramolecular Hbond substituents is 1. The first kappa shape index (κ1) is 17.2. The van der Waals surface area contributed by atoms with E-state index in [1.165, 1.54) is 6.07 Å². The van der Waals surface area contributed by atoms with Crippen LogP contribution < -0.4 is 0 Å². The number of hydrogen-bond donors (Lipinski definition) is 4. The Labute approximate surface area is 140 Å². The number of H-pyrrole nitrogens is 1.